The monoisotopic (exact) mass is 337 g/mol. The zero-order valence-electron chi connectivity index (χ0n) is 14.1. The Morgan fingerprint density at radius 3 is 2.56 bits per heavy atom. The lowest BCUT2D eigenvalue weighted by Crippen LogP contribution is -2.33. The smallest absolute Gasteiger partial charge is 0.405 e. The number of aryl methyl sites for hydroxylation is 1. The van der Waals surface area contributed by atoms with Crippen molar-refractivity contribution in [2.45, 2.75) is 26.3 Å². The molecule has 1 aromatic heterocycles. The van der Waals surface area contributed by atoms with Gasteiger partial charge < -0.3 is 10.4 Å². The molecule has 1 heterocycles. The number of amides is 1. The van der Waals surface area contributed by atoms with Crippen LogP contribution in [0.4, 0.5) is 4.79 Å². The van der Waals surface area contributed by atoms with E-state index in [-0.39, 0.29) is 5.56 Å². The summed E-state index contributed by atoms with van der Waals surface area (Å²) < 4.78 is 1.50. The van der Waals surface area contributed by atoms with Crippen LogP contribution >= 0.6 is 0 Å². The molecule has 0 saturated heterocycles. The molecule has 3 rings (SSSR count). The largest absolute Gasteiger partial charge is 0.465 e. The summed E-state index contributed by atoms with van der Waals surface area (Å²) in [5, 5.41) is 12.1. The Bertz CT molecular complexity index is 980. The van der Waals surface area contributed by atoms with Crippen LogP contribution in [0.1, 0.15) is 30.8 Å². The van der Waals surface area contributed by atoms with E-state index in [4.69, 9.17) is 5.11 Å². The summed E-state index contributed by atoms with van der Waals surface area (Å²) in [7, 11) is 0. The number of hydrogen-bond donors (Lipinski definition) is 2. The van der Waals surface area contributed by atoms with Crippen LogP contribution in [-0.4, -0.2) is 20.8 Å². The predicted octanol–water partition coefficient (Wildman–Crippen LogP) is 3.41. The molecule has 2 aromatic carbocycles. The van der Waals surface area contributed by atoms with Crippen molar-refractivity contribution in [2.24, 2.45) is 0 Å². The van der Waals surface area contributed by atoms with Crippen molar-refractivity contribution in [3.8, 4) is 5.69 Å². The number of nitrogens with zero attached hydrogens (tertiary/aromatic N) is 2. The molecule has 3 aromatic rings. The third kappa shape index (κ3) is 3.10. The van der Waals surface area contributed by atoms with E-state index >= 15 is 0 Å². The Labute approximate surface area is 144 Å². The minimum Gasteiger partial charge on any atom is -0.465 e. The van der Waals surface area contributed by atoms with E-state index in [0.717, 1.165) is 5.56 Å². The van der Waals surface area contributed by atoms with Crippen molar-refractivity contribution in [1.29, 1.82) is 0 Å². The molecule has 0 bridgehead atoms. The number of aromatic nitrogens is 2. The molecule has 0 saturated carbocycles. The summed E-state index contributed by atoms with van der Waals surface area (Å²) >= 11 is 0. The number of rotatable bonds is 4. The lowest BCUT2D eigenvalue weighted by Gasteiger charge is -2.20. The summed E-state index contributed by atoms with van der Waals surface area (Å²) in [6, 6.07) is 14.0. The molecule has 1 unspecified atom stereocenters. The molecule has 2 N–H and O–H groups in total. The highest BCUT2D eigenvalue weighted by atomic mass is 16.4. The van der Waals surface area contributed by atoms with Gasteiger partial charge in [0.25, 0.3) is 5.56 Å². The van der Waals surface area contributed by atoms with E-state index in [1.54, 1.807) is 6.07 Å². The molecule has 0 fully saturated rings. The van der Waals surface area contributed by atoms with Gasteiger partial charge in [0, 0.05) is 0 Å². The van der Waals surface area contributed by atoms with Gasteiger partial charge in [-0.05, 0) is 37.1 Å². The van der Waals surface area contributed by atoms with E-state index in [1.807, 2.05) is 56.3 Å². The molecule has 6 heteroatoms. The van der Waals surface area contributed by atoms with E-state index < -0.39 is 12.1 Å². The zero-order valence-corrected chi connectivity index (χ0v) is 14.1. The van der Waals surface area contributed by atoms with Gasteiger partial charge in [0.05, 0.1) is 22.6 Å². The van der Waals surface area contributed by atoms with Crippen LogP contribution in [0.5, 0.6) is 0 Å². The number of carboxylic acid groups (broad SMARTS) is 1. The number of hydrogen-bond acceptors (Lipinski definition) is 3. The third-order valence-corrected chi connectivity index (χ3v) is 4.16. The highest BCUT2D eigenvalue weighted by Gasteiger charge is 2.21. The van der Waals surface area contributed by atoms with Crippen LogP contribution < -0.4 is 10.9 Å². The molecule has 0 aliphatic rings. The molecular formula is C19H19N3O3. The molecule has 0 aliphatic carbocycles. The summed E-state index contributed by atoms with van der Waals surface area (Å²) in [4.78, 5) is 29.0. The van der Waals surface area contributed by atoms with Crippen molar-refractivity contribution < 1.29 is 9.90 Å². The van der Waals surface area contributed by atoms with Gasteiger partial charge in [-0.3, -0.25) is 9.36 Å². The molecule has 0 aliphatic heterocycles. The Morgan fingerprint density at radius 1 is 1.20 bits per heavy atom. The van der Waals surface area contributed by atoms with Gasteiger partial charge in [-0.25, -0.2) is 9.78 Å². The van der Waals surface area contributed by atoms with Gasteiger partial charge in [-0.1, -0.05) is 37.3 Å². The van der Waals surface area contributed by atoms with Gasteiger partial charge in [0.1, 0.15) is 5.82 Å². The number of benzene rings is 2. The van der Waals surface area contributed by atoms with Gasteiger partial charge in [0.2, 0.25) is 0 Å². The van der Waals surface area contributed by atoms with Crippen molar-refractivity contribution in [2.75, 3.05) is 0 Å². The molecule has 25 heavy (non-hydrogen) atoms. The Balaban J connectivity index is 2.38. The highest BCUT2D eigenvalue weighted by molar-refractivity contribution is 5.81. The SMILES string of the molecule is CCC(NC(=O)O)c1nc2cccc(C)c2c(=O)n1-c1ccccc1. The van der Waals surface area contributed by atoms with Crippen LogP contribution in [0.15, 0.2) is 53.3 Å². The quantitative estimate of drug-likeness (QED) is 0.764. The second-order valence-corrected chi connectivity index (χ2v) is 5.83. The second kappa shape index (κ2) is 6.76. The number of para-hydroxylation sites is 1. The van der Waals surface area contributed by atoms with Crippen LogP contribution in [0.2, 0.25) is 0 Å². The number of carbonyl (C=O) groups is 1. The van der Waals surface area contributed by atoms with Crippen molar-refractivity contribution >= 4 is 17.0 Å². The first kappa shape index (κ1) is 16.7. The lowest BCUT2D eigenvalue weighted by molar-refractivity contribution is 0.188. The van der Waals surface area contributed by atoms with Crippen molar-refractivity contribution in [3.63, 3.8) is 0 Å². The minimum atomic E-state index is -1.15. The topological polar surface area (TPSA) is 84.2 Å². The average Bonchev–Trinajstić information content (AvgIpc) is 2.60. The van der Waals surface area contributed by atoms with Gasteiger partial charge in [-0.2, -0.15) is 0 Å². The molecule has 1 amide bonds. The van der Waals surface area contributed by atoms with E-state index in [1.165, 1.54) is 4.57 Å². The van der Waals surface area contributed by atoms with E-state index in [0.29, 0.717) is 28.8 Å². The summed E-state index contributed by atoms with van der Waals surface area (Å²) in [6.45, 7) is 3.72. The fraction of sp³-hybridized carbons (Fsp3) is 0.211. The normalized spacial score (nSPS) is 12.1. The molecule has 1 atom stereocenters. The van der Waals surface area contributed by atoms with Gasteiger partial charge >= 0.3 is 6.09 Å². The lowest BCUT2D eigenvalue weighted by atomic mass is 10.1. The maximum Gasteiger partial charge on any atom is 0.405 e. The highest BCUT2D eigenvalue weighted by Crippen LogP contribution is 2.21. The van der Waals surface area contributed by atoms with E-state index in [2.05, 4.69) is 10.3 Å². The molecule has 6 nitrogen and oxygen atoms in total. The van der Waals surface area contributed by atoms with Gasteiger partial charge in [0.15, 0.2) is 0 Å². The molecule has 128 valence electrons. The molecule has 0 radical (unpaired) electrons. The first-order chi connectivity index (χ1) is 12.0. The minimum absolute atomic E-state index is 0.199. The Kier molecular flexibility index (Phi) is 4.52. The predicted molar refractivity (Wildman–Crippen MR) is 96.3 cm³/mol. The van der Waals surface area contributed by atoms with Crippen LogP contribution in [0, 0.1) is 6.92 Å². The van der Waals surface area contributed by atoms with Crippen LogP contribution in [0.25, 0.3) is 16.6 Å². The second-order valence-electron chi connectivity index (χ2n) is 5.83. The Hall–Kier alpha value is -3.15. The van der Waals surface area contributed by atoms with E-state index in [9.17, 15) is 9.59 Å². The molecule has 0 spiro atoms. The average molecular weight is 337 g/mol. The summed E-state index contributed by atoms with van der Waals surface area (Å²) in [5.74, 6) is 0.388. The number of nitrogens with one attached hydrogen (secondary N) is 1. The first-order valence-electron chi connectivity index (χ1n) is 8.10. The van der Waals surface area contributed by atoms with Crippen LogP contribution in [0.3, 0.4) is 0 Å². The van der Waals surface area contributed by atoms with Gasteiger partial charge in [-0.15, -0.1) is 0 Å². The van der Waals surface area contributed by atoms with Crippen LogP contribution in [-0.2, 0) is 0 Å². The van der Waals surface area contributed by atoms with Crippen molar-refractivity contribution in [3.05, 3.63) is 70.3 Å². The van der Waals surface area contributed by atoms with Crippen molar-refractivity contribution in [1.82, 2.24) is 14.9 Å². The summed E-state index contributed by atoms with van der Waals surface area (Å²) in [5.41, 5.74) is 1.86. The fourth-order valence-electron chi connectivity index (χ4n) is 2.97. The fourth-order valence-corrected chi connectivity index (χ4v) is 2.97. The zero-order chi connectivity index (χ0) is 18.0. The third-order valence-electron chi connectivity index (χ3n) is 4.16. The Morgan fingerprint density at radius 2 is 1.92 bits per heavy atom. The molecular weight excluding hydrogens is 318 g/mol. The maximum absolute atomic E-state index is 13.2. The maximum atomic E-state index is 13.2. The summed E-state index contributed by atoms with van der Waals surface area (Å²) in [6.07, 6.45) is -0.673. The number of fused-ring (bicyclic) bond motifs is 1. The standard InChI is InChI=1S/C19H19N3O3/c1-3-14(21-19(24)25)17-20-15-11-7-8-12(2)16(15)18(23)22(17)13-9-5-4-6-10-13/h4-11,14,21H,3H2,1-2H3,(H,24,25). The first-order valence-corrected chi connectivity index (χ1v) is 8.10.